The van der Waals surface area contributed by atoms with Crippen molar-refractivity contribution in [2.24, 2.45) is 0 Å². The van der Waals surface area contributed by atoms with Crippen molar-refractivity contribution in [2.75, 3.05) is 49.7 Å². The number of nitrogens with one attached hydrogen (secondary N) is 1. The van der Waals surface area contributed by atoms with Crippen molar-refractivity contribution in [1.29, 1.82) is 0 Å². The van der Waals surface area contributed by atoms with E-state index >= 15 is 0 Å². The molecular formula is C25H32N4O4. The summed E-state index contributed by atoms with van der Waals surface area (Å²) in [4.78, 5) is 41.4. The van der Waals surface area contributed by atoms with Crippen molar-refractivity contribution < 1.29 is 14.3 Å². The van der Waals surface area contributed by atoms with Crippen LogP contribution in [0.25, 0.3) is 0 Å². The number of rotatable bonds is 6. The van der Waals surface area contributed by atoms with Crippen LogP contribution in [0.5, 0.6) is 0 Å². The summed E-state index contributed by atoms with van der Waals surface area (Å²) in [5, 5.41) is 2.47. The molecule has 33 heavy (non-hydrogen) atoms. The standard InChI is InChI=1S/C25H32N4O4/c1-17-15-22(25(32)29(16-17)13-14-33-3)28-11-9-27(10-12-28)21-6-4-5-19(18(21)2)20-7-8-23(30)26-24(20)31/h4-6,15-16,20H,7-14H2,1-3H3,(H,26,30,31). The zero-order valence-corrected chi connectivity index (χ0v) is 19.6. The Morgan fingerprint density at radius 2 is 1.73 bits per heavy atom. The second kappa shape index (κ2) is 9.79. The quantitative estimate of drug-likeness (QED) is 0.675. The van der Waals surface area contributed by atoms with Crippen molar-refractivity contribution >= 4 is 23.2 Å². The molecule has 0 bridgehead atoms. The van der Waals surface area contributed by atoms with Gasteiger partial charge in [-0.25, -0.2) is 0 Å². The molecule has 0 spiro atoms. The summed E-state index contributed by atoms with van der Waals surface area (Å²) in [5.74, 6) is -0.694. The summed E-state index contributed by atoms with van der Waals surface area (Å²) in [7, 11) is 1.64. The number of anilines is 2. The molecule has 2 aromatic rings. The Morgan fingerprint density at radius 1 is 1.03 bits per heavy atom. The molecule has 8 heteroatoms. The largest absolute Gasteiger partial charge is 0.383 e. The van der Waals surface area contributed by atoms with Gasteiger partial charge < -0.3 is 19.1 Å². The minimum absolute atomic E-state index is 0.0159. The Labute approximate surface area is 194 Å². The van der Waals surface area contributed by atoms with Crippen LogP contribution in [0.1, 0.15) is 35.4 Å². The van der Waals surface area contributed by atoms with E-state index in [0.717, 1.165) is 54.2 Å². The molecule has 0 radical (unpaired) electrons. The number of nitrogens with zero attached hydrogens (tertiary/aromatic N) is 3. The highest BCUT2D eigenvalue weighted by Crippen LogP contribution is 2.33. The van der Waals surface area contributed by atoms with Gasteiger partial charge in [-0.3, -0.25) is 19.7 Å². The van der Waals surface area contributed by atoms with Gasteiger partial charge in [0.1, 0.15) is 5.69 Å². The lowest BCUT2D eigenvalue weighted by molar-refractivity contribution is -0.134. The number of carbonyl (C=O) groups excluding carboxylic acids is 2. The van der Waals surface area contributed by atoms with E-state index in [1.54, 1.807) is 11.7 Å². The van der Waals surface area contributed by atoms with Crippen molar-refractivity contribution in [1.82, 2.24) is 9.88 Å². The minimum atomic E-state index is -0.290. The maximum atomic E-state index is 13.0. The molecule has 1 aromatic heterocycles. The molecule has 2 aliphatic heterocycles. The number of hydrogen-bond acceptors (Lipinski definition) is 6. The number of amides is 2. The SMILES string of the molecule is COCCn1cc(C)cc(N2CCN(c3cccc(C4CCC(=O)NC4=O)c3C)CC2)c1=O. The number of piperazine rings is 1. The lowest BCUT2D eigenvalue weighted by atomic mass is 9.87. The number of imide groups is 1. The molecule has 1 atom stereocenters. The van der Waals surface area contributed by atoms with Gasteiger partial charge in [-0.2, -0.15) is 0 Å². The van der Waals surface area contributed by atoms with Crippen LogP contribution < -0.4 is 20.7 Å². The Morgan fingerprint density at radius 3 is 2.39 bits per heavy atom. The molecule has 2 saturated heterocycles. The molecule has 2 fully saturated rings. The summed E-state index contributed by atoms with van der Waals surface area (Å²) in [6, 6.07) is 8.04. The van der Waals surface area contributed by atoms with Crippen LogP contribution in [0.2, 0.25) is 0 Å². The number of piperidine rings is 1. The number of aromatic nitrogens is 1. The van der Waals surface area contributed by atoms with Gasteiger partial charge in [0.05, 0.1) is 12.5 Å². The van der Waals surface area contributed by atoms with E-state index in [-0.39, 0.29) is 23.3 Å². The minimum Gasteiger partial charge on any atom is -0.383 e. The first-order chi connectivity index (χ1) is 15.9. The van der Waals surface area contributed by atoms with Gasteiger partial charge >= 0.3 is 0 Å². The van der Waals surface area contributed by atoms with Crippen LogP contribution in [0.4, 0.5) is 11.4 Å². The summed E-state index contributed by atoms with van der Waals surface area (Å²) in [5.41, 5.74) is 4.98. The lowest BCUT2D eigenvalue weighted by Gasteiger charge is -2.38. The molecule has 1 N–H and O–H groups in total. The summed E-state index contributed by atoms with van der Waals surface area (Å²) in [6.07, 6.45) is 2.80. The number of ether oxygens (including phenoxy) is 1. The van der Waals surface area contributed by atoms with Crippen LogP contribution in [0.15, 0.2) is 35.3 Å². The van der Waals surface area contributed by atoms with Gasteiger partial charge in [0.25, 0.3) is 5.56 Å². The third-order valence-electron chi connectivity index (χ3n) is 6.66. The highest BCUT2D eigenvalue weighted by molar-refractivity contribution is 6.01. The molecule has 0 aliphatic carbocycles. The second-order valence-electron chi connectivity index (χ2n) is 8.86. The first-order valence-electron chi connectivity index (χ1n) is 11.5. The first kappa shape index (κ1) is 23.0. The Balaban J connectivity index is 1.50. The summed E-state index contributed by atoms with van der Waals surface area (Å²) < 4.78 is 6.87. The van der Waals surface area contributed by atoms with Crippen LogP contribution in [0.3, 0.4) is 0 Å². The van der Waals surface area contributed by atoms with Crippen LogP contribution in [-0.4, -0.2) is 56.3 Å². The maximum absolute atomic E-state index is 13.0. The van der Waals surface area contributed by atoms with E-state index in [0.29, 0.717) is 26.0 Å². The molecule has 2 aliphatic rings. The fourth-order valence-corrected chi connectivity index (χ4v) is 4.89. The maximum Gasteiger partial charge on any atom is 0.274 e. The zero-order chi connectivity index (χ0) is 23.5. The van der Waals surface area contributed by atoms with Gasteiger partial charge in [-0.05, 0) is 49.1 Å². The number of pyridine rings is 1. The fraction of sp³-hybridized carbons (Fsp3) is 0.480. The van der Waals surface area contributed by atoms with E-state index in [1.807, 2.05) is 31.3 Å². The molecule has 0 saturated carbocycles. The lowest BCUT2D eigenvalue weighted by Crippen LogP contribution is -2.48. The normalized spacial score (nSPS) is 19.1. The predicted molar refractivity (Wildman–Crippen MR) is 128 cm³/mol. The van der Waals surface area contributed by atoms with Crippen molar-refractivity contribution in [2.45, 2.75) is 39.2 Å². The molecule has 1 unspecified atom stereocenters. The topological polar surface area (TPSA) is 83.9 Å². The van der Waals surface area contributed by atoms with Crippen molar-refractivity contribution in [3.8, 4) is 0 Å². The van der Waals surface area contributed by atoms with Crippen LogP contribution >= 0.6 is 0 Å². The molecule has 1 aromatic carbocycles. The molecule has 3 heterocycles. The Kier molecular flexibility index (Phi) is 6.83. The van der Waals surface area contributed by atoms with Gasteiger partial charge in [-0.15, -0.1) is 0 Å². The van der Waals surface area contributed by atoms with Crippen LogP contribution in [0, 0.1) is 13.8 Å². The monoisotopic (exact) mass is 452 g/mol. The Bertz CT molecular complexity index is 1100. The molecule has 2 amide bonds. The third kappa shape index (κ3) is 4.80. The van der Waals surface area contributed by atoms with E-state index in [9.17, 15) is 14.4 Å². The van der Waals surface area contributed by atoms with Crippen molar-refractivity contribution in [3.05, 3.63) is 57.5 Å². The third-order valence-corrected chi connectivity index (χ3v) is 6.66. The molecular weight excluding hydrogens is 420 g/mol. The Hall–Kier alpha value is -3.13. The molecule has 4 rings (SSSR count). The number of methoxy groups -OCH3 is 1. The van der Waals surface area contributed by atoms with E-state index < -0.39 is 0 Å². The van der Waals surface area contributed by atoms with Crippen molar-refractivity contribution in [3.63, 3.8) is 0 Å². The van der Waals surface area contributed by atoms with Gasteiger partial charge in [0.2, 0.25) is 11.8 Å². The summed E-state index contributed by atoms with van der Waals surface area (Å²) in [6.45, 7) is 8.14. The summed E-state index contributed by atoms with van der Waals surface area (Å²) >= 11 is 0. The molecule has 8 nitrogen and oxygen atoms in total. The zero-order valence-electron chi connectivity index (χ0n) is 19.6. The predicted octanol–water partition coefficient (Wildman–Crippen LogP) is 1.96. The smallest absolute Gasteiger partial charge is 0.274 e. The number of aryl methyl sites for hydroxylation is 1. The van der Waals surface area contributed by atoms with Gasteiger partial charge in [-0.1, -0.05) is 12.1 Å². The first-order valence-corrected chi connectivity index (χ1v) is 11.5. The van der Waals surface area contributed by atoms with Crippen LogP contribution in [-0.2, 0) is 20.9 Å². The van der Waals surface area contributed by atoms with Gasteiger partial charge in [0, 0.05) is 58.1 Å². The fourth-order valence-electron chi connectivity index (χ4n) is 4.89. The van der Waals surface area contributed by atoms with Gasteiger partial charge in [0.15, 0.2) is 0 Å². The van der Waals surface area contributed by atoms with E-state index in [2.05, 4.69) is 28.1 Å². The average Bonchev–Trinajstić information content (AvgIpc) is 2.80. The van der Waals surface area contributed by atoms with E-state index in [4.69, 9.17) is 4.74 Å². The van der Waals surface area contributed by atoms with E-state index in [1.165, 1.54) is 0 Å². The number of carbonyl (C=O) groups is 2. The molecule has 176 valence electrons. The highest BCUT2D eigenvalue weighted by Gasteiger charge is 2.30. The second-order valence-corrected chi connectivity index (χ2v) is 8.86. The number of benzene rings is 1. The highest BCUT2D eigenvalue weighted by atomic mass is 16.5. The average molecular weight is 453 g/mol. The number of hydrogen-bond donors (Lipinski definition) is 1.